The summed E-state index contributed by atoms with van der Waals surface area (Å²) in [6.07, 6.45) is 6.19. The topological polar surface area (TPSA) is 63.0 Å². The molecule has 2 aromatic carbocycles. The number of ether oxygens (including phenoxy) is 1. The lowest BCUT2D eigenvalue weighted by molar-refractivity contribution is -0.117. The van der Waals surface area contributed by atoms with E-state index in [0.29, 0.717) is 28.6 Å². The third kappa shape index (κ3) is 5.79. The number of hydrogen-bond donors (Lipinski definition) is 0. The normalized spacial score (nSPS) is 11.8. The van der Waals surface area contributed by atoms with Gasteiger partial charge in [-0.3, -0.25) is 0 Å². The SMILES string of the molecule is CC(=O)C[C@@H](C)/C=C/c1ccc(Oc2ccc(-c3ccc(C#N)cc3)cc2Cl)nc1. The molecule has 3 aromatic rings. The van der Waals surface area contributed by atoms with Gasteiger partial charge in [0, 0.05) is 18.7 Å². The van der Waals surface area contributed by atoms with Crippen molar-refractivity contribution in [3.63, 3.8) is 0 Å². The summed E-state index contributed by atoms with van der Waals surface area (Å²) >= 11 is 6.40. The van der Waals surface area contributed by atoms with E-state index in [-0.39, 0.29) is 11.7 Å². The molecule has 0 N–H and O–H groups in total. The molecule has 5 heteroatoms. The van der Waals surface area contributed by atoms with Gasteiger partial charge in [0.15, 0.2) is 0 Å². The minimum atomic E-state index is 0.177. The molecule has 0 unspecified atom stereocenters. The van der Waals surface area contributed by atoms with E-state index in [9.17, 15) is 4.79 Å². The van der Waals surface area contributed by atoms with Crippen molar-refractivity contribution < 1.29 is 9.53 Å². The third-order valence-corrected chi connectivity index (χ3v) is 4.77. The maximum absolute atomic E-state index is 11.2. The van der Waals surface area contributed by atoms with Crippen molar-refractivity contribution in [2.45, 2.75) is 20.3 Å². The molecule has 1 atom stereocenters. The van der Waals surface area contributed by atoms with E-state index in [1.165, 1.54) is 0 Å². The molecule has 0 radical (unpaired) electrons. The van der Waals surface area contributed by atoms with Crippen molar-refractivity contribution in [1.82, 2.24) is 4.98 Å². The molecule has 150 valence electrons. The fourth-order valence-corrected chi connectivity index (χ4v) is 3.18. The minimum Gasteiger partial charge on any atom is -0.437 e. The third-order valence-electron chi connectivity index (χ3n) is 4.48. The number of allylic oxidation sites excluding steroid dienone is 1. The van der Waals surface area contributed by atoms with Crippen LogP contribution in [0.4, 0.5) is 0 Å². The highest BCUT2D eigenvalue weighted by Gasteiger charge is 2.07. The van der Waals surface area contributed by atoms with Crippen LogP contribution in [0.15, 0.2) is 66.9 Å². The van der Waals surface area contributed by atoms with Crippen LogP contribution in [0.1, 0.15) is 31.4 Å². The Kier molecular flexibility index (Phi) is 7.00. The molecule has 0 aliphatic heterocycles. The lowest BCUT2D eigenvalue weighted by atomic mass is 10.0. The van der Waals surface area contributed by atoms with Crippen molar-refractivity contribution in [2.75, 3.05) is 0 Å². The number of nitrogens with zero attached hydrogens (tertiary/aromatic N) is 2. The van der Waals surface area contributed by atoms with Crippen molar-refractivity contribution in [3.05, 3.63) is 83.0 Å². The fourth-order valence-electron chi connectivity index (χ4n) is 2.96. The Labute approximate surface area is 181 Å². The Morgan fingerprint density at radius 3 is 2.50 bits per heavy atom. The number of Topliss-reactive ketones (excluding diaryl/α,β-unsaturated/α-hetero) is 1. The summed E-state index contributed by atoms with van der Waals surface area (Å²) in [5.41, 5.74) is 3.45. The Hall–Kier alpha value is -3.42. The Morgan fingerprint density at radius 2 is 1.90 bits per heavy atom. The number of carbonyl (C=O) groups excluding carboxylic acids is 1. The van der Waals surface area contributed by atoms with Crippen molar-refractivity contribution in [2.24, 2.45) is 5.92 Å². The largest absolute Gasteiger partial charge is 0.437 e. The van der Waals surface area contributed by atoms with Gasteiger partial charge in [0.2, 0.25) is 5.88 Å². The van der Waals surface area contributed by atoms with Gasteiger partial charge >= 0.3 is 0 Å². The van der Waals surface area contributed by atoms with E-state index in [4.69, 9.17) is 21.6 Å². The molecule has 0 saturated heterocycles. The summed E-state index contributed by atoms with van der Waals surface area (Å²) in [6, 6.07) is 18.6. The summed E-state index contributed by atoms with van der Waals surface area (Å²) in [5, 5.41) is 9.39. The molecule has 1 heterocycles. The number of rotatable bonds is 7. The van der Waals surface area contributed by atoms with Gasteiger partial charge < -0.3 is 9.53 Å². The first-order valence-corrected chi connectivity index (χ1v) is 9.94. The Morgan fingerprint density at radius 1 is 1.17 bits per heavy atom. The summed E-state index contributed by atoms with van der Waals surface area (Å²) in [4.78, 5) is 15.5. The maximum atomic E-state index is 11.2. The quantitative estimate of drug-likeness (QED) is 0.430. The van der Waals surface area contributed by atoms with Gasteiger partial charge in [0.05, 0.1) is 16.7 Å². The van der Waals surface area contributed by atoms with E-state index in [2.05, 4.69) is 11.1 Å². The number of halogens is 1. The van der Waals surface area contributed by atoms with Gasteiger partial charge in [0.25, 0.3) is 0 Å². The predicted molar refractivity (Wildman–Crippen MR) is 119 cm³/mol. The van der Waals surface area contributed by atoms with Crippen LogP contribution in [0.5, 0.6) is 11.6 Å². The molecule has 3 rings (SSSR count). The first-order valence-electron chi connectivity index (χ1n) is 9.56. The average Bonchev–Trinajstić information content (AvgIpc) is 2.74. The monoisotopic (exact) mass is 416 g/mol. The van der Waals surface area contributed by atoms with Crippen LogP contribution in [0.2, 0.25) is 5.02 Å². The second-order valence-corrected chi connectivity index (χ2v) is 7.52. The number of nitriles is 1. The minimum absolute atomic E-state index is 0.177. The van der Waals surface area contributed by atoms with Crippen LogP contribution in [0.3, 0.4) is 0 Å². The molecule has 0 spiro atoms. The number of pyridine rings is 1. The van der Waals surface area contributed by atoms with Gasteiger partial charge in [-0.2, -0.15) is 5.26 Å². The van der Waals surface area contributed by atoms with Crippen LogP contribution in [-0.4, -0.2) is 10.8 Å². The molecule has 0 amide bonds. The Bertz CT molecular complexity index is 1100. The molecular formula is C25H21ClN2O2. The number of ketones is 1. The average molecular weight is 417 g/mol. The predicted octanol–water partition coefficient (Wildman–Crippen LogP) is 6.69. The molecule has 4 nitrogen and oxygen atoms in total. The molecule has 0 aliphatic rings. The summed E-state index contributed by atoms with van der Waals surface area (Å²) in [5.74, 6) is 1.32. The van der Waals surface area contributed by atoms with Crippen LogP contribution in [0, 0.1) is 17.2 Å². The molecule has 0 fully saturated rings. The zero-order valence-electron chi connectivity index (χ0n) is 16.8. The maximum Gasteiger partial charge on any atom is 0.219 e. The molecule has 1 aromatic heterocycles. The molecule has 0 aliphatic carbocycles. The first kappa shape index (κ1) is 21.3. The standard InChI is InChI=1S/C25H21ClN2O2/c1-17(13-18(2)29)3-4-20-7-12-25(28-16-20)30-24-11-10-22(14-23(24)26)21-8-5-19(15-27)6-9-21/h3-12,14,16-17H,13H2,1-2H3/b4-3+/t17-/m0/s1. The lowest BCUT2D eigenvalue weighted by Gasteiger charge is -2.09. The summed E-state index contributed by atoms with van der Waals surface area (Å²) in [6.45, 7) is 3.60. The van der Waals surface area contributed by atoms with E-state index in [1.807, 2.05) is 49.4 Å². The molecule has 30 heavy (non-hydrogen) atoms. The van der Waals surface area contributed by atoms with Gasteiger partial charge in [-0.1, -0.05) is 48.9 Å². The zero-order valence-corrected chi connectivity index (χ0v) is 17.6. The Balaban J connectivity index is 1.68. The van der Waals surface area contributed by atoms with E-state index in [1.54, 1.807) is 37.4 Å². The highest BCUT2D eigenvalue weighted by Crippen LogP contribution is 2.33. The van der Waals surface area contributed by atoms with E-state index < -0.39 is 0 Å². The number of benzene rings is 2. The van der Waals surface area contributed by atoms with E-state index in [0.717, 1.165) is 16.7 Å². The zero-order chi connectivity index (χ0) is 21.5. The van der Waals surface area contributed by atoms with Crippen LogP contribution < -0.4 is 4.74 Å². The number of aromatic nitrogens is 1. The number of carbonyl (C=O) groups is 1. The summed E-state index contributed by atoms with van der Waals surface area (Å²) < 4.78 is 5.81. The second kappa shape index (κ2) is 9.87. The molecule has 0 saturated carbocycles. The van der Waals surface area contributed by atoms with Gasteiger partial charge in [0.1, 0.15) is 11.5 Å². The number of hydrogen-bond acceptors (Lipinski definition) is 4. The van der Waals surface area contributed by atoms with Gasteiger partial charge in [-0.25, -0.2) is 4.98 Å². The summed E-state index contributed by atoms with van der Waals surface area (Å²) in [7, 11) is 0. The first-order chi connectivity index (χ1) is 14.4. The highest BCUT2D eigenvalue weighted by atomic mass is 35.5. The smallest absolute Gasteiger partial charge is 0.219 e. The lowest BCUT2D eigenvalue weighted by Crippen LogP contribution is -1.97. The fraction of sp³-hybridized carbons (Fsp3) is 0.160. The van der Waals surface area contributed by atoms with Gasteiger partial charge in [-0.05, 0) is 59.9 Å². The highest BCUT2D eigenvalue weighted by molar-refractivity contribution is 6.32. The van der Waals surface area contributed by atoms with Gasteiger partial charge in [-0.15, -0.1) is 0 Å². The van der Waals surface area contributed by atoms with Crippen LogP contribution in [-0.2, 0) is 4.79 Å². The molecular weight excluding hydrogens is 396 g/mol. The molecule has 0 bridgehead atoms. The van der Waals surface area contributed by atoms with Crippen molar-refractivity contribution in [1.29, 1.82) is 5.26 Å². The van der Waals surface area contributed by atoms with Crippen molar-refractivity contribution >= 4 is 23.5 Å². The second-order valence-electron chi connectivity index (χ2n) is 7.11. The van der Waals surface area contributed by atoms with Crippen molar-refractivity contribution in [3.8, 4) is 28.8 Å². The van der Waals surface area contributed by atoms with Crippen LogP contribution >= 0.6 is 11.6 Å². The van der Waals surface area contributed by atoms with E-state index >= 15 is 0 Å². The van der Waals surface area contributed by atoms with Crippen LogP contribution in [0.25, 0.3) is 17.2 Å².